The summed E-state index contributed by atoms with van der Waals surface area (Å²) < 4.78 is 7.14. The van der Waals surface area contributed by atoms with Crippen LogP contribution < -0.4 is 0 Å². The molecular formula is C12H9ClN4O2S. The molecule has 0 aliphatic rings. The minimum absolute atomic E-state index is 0.366. The van der Waals surface area contributed by atoms with Crippen LogP contribution in [-0.2, 0) is 11.8 Å². The molecular weight excluding hydrogens is 300 g/mol. The molecule has 0 aliphatic heterocycles. The molecule has 0 amide bonds. The van der Waals surface area contributed by atoms with E-state index < -0.39 is 5.97 Å². The lowest BCUT2D eigenvalue weighted by molar-refractivity contribution is 0.0589. The number of methoxy groups -OCH3 is 1. The van der Waals surface area contributed by atoms with Crippen molar-refractivity contribution in [2.75, 3.05) is 7.11 Å². The average Bonchev–Trinajstić information content (AvgIpc) is 3.00. The van der Waals surface area contributed by atoms with Crippen LogP contribution in [0.1, 0.15) is 10.5 Å². The number of nitrogens with zero attached hydrogens (tertiary/aromatic N) is 4. The van der Waals surface area contributed by atoms with E-state index in [-0.39, 0.29) is 0 Å². The first-order chi connectivity index (χ1) is 9.60. The summed E-state index contributed by atoms with van der Waals surface area (Å²) in [5.41, 5.74) is 1.74. The minimum atomic E-state index is -0.449. The predicted octanol–water partition coefficient (Wildman–Crippen LogP) is 2.53. The van der Waals surface area contributed by atoms with Gasteiger partial charge in [-0.25, -0.2) is 14.8 Å². The Hall–Kier alpha value is -1.99. The summed E-state index contributed by atoms with van der Waals surface area (Å²) in [7, 11) is 3.02. The second kappa shape index (κ2) is 4.84. The number of esters is 1. The first-order valence-corrected chi connectivity index (χ1v) is 6.82. The summed E-state index contributed by atoms with van der Waals surface area (Å²) in [6, 6.07) is 1.69. The van der Waals surface area contributed by atoms with E-state index in [1.807, 2.05) is 0 Å². The largest absolute Gasteiger partial charge is 0.464 e. The fraction of sp³-hybridized carbons (Fsp3) is 0.167. The molecule has 20 heavy (non-hydrogen) atoms. The molecule has 0 unspecified atom stereocenters. The zero-order valence-electron chi connectivity index (χ0n) is 10.6. The van der Waals surface area contributed by atoms with Crippen molar-refractivity contribution in [2.24, 2.45) is 7.05 Å². The van der Waals surface area contributed by atoms with Crippen LogP contribution in [0.15, 0.2) is 18.5 Å². The lowest BCUT2D eigenvalue weighted by Gasteiger charge is -2.01. The van der Waals surface area contributed by atoms with Crippen molar-refractivity contribution in [3.05, 3.63) is 29.3 Å². The number of carbonyl (C=O) groups excluding carboxylic acids is 1. The van der Waals surface area contributed by atoms with Gasteiger partial charge in [-0.1, -0.05) is 11.6 Å². The monoisotopic (exact) mass is 308 g/mol. The SMILES string of the molecule is COC(=O)c1c(-c2nc3cc(Cl)ncc3s2)cnn1C. The highest BCUT2D eigenvalue weighted by Crippen LogP contribution is 2.32. The topological polar surface area (TPSA) is 69.9 Å². The second-order valence-electron chi connectivity index (χ2n) is 4.02. The molecule has 6 nitrogen and oxygen atoms in total. The average molecular weight is 309 g/mol. The van der Waals surface area contributed by atoms with E-state index in [1.165, 1.54) is 23.1 Å². The number of pyridine rings is 1. The van der Waals surface area contributed by atoms with Crippen LogP contribution >= 0.6 is 22.9 Å². The Bertz CT molecular complexity index is 811. The number of aromatic nitrogens is 4. The highest BCUT2D eigenvalue weighted by Gasteiger charge is 2.21. The molecule has 0 saturated carbocycles. The fourth-order valence-electron chi connectivity index (χ4n) is 1.86. The summed E-state index contributed by atoms with van der Waals surface area (Å²) in [6.45, 7) is 0. The number of hydrogen-bond acceptors (Lipinski definition) is 6. The summed E-state index contributed by atoms with van der Waals surface area (Å²) >= 11 is 7.27. The normalized spacial score (nSPS) is 10.9. The van der Waals surface area contributed by atoms with Gasteiger partial charge in [-0.3, -0.25) is 4.68 Å². The van der Waals surface area contributed by atoms with Gasteiger partial charge in [0.15, 0.2) is 5.69 Å². The summed E-state index contributed by atoms with van der Waals surface area (Å²) in [5.74, 6) is -0.449. The molecule has 0 radical (unpaired) electrons. The Labute approximate surface area is 123 Å². The van der Waals surface area contributed by atoms with Crippen molar-refractivity contribution in [3.8, 4) is 10.6 Å². The maximum atomic E-state index is 11.8. The third-order valence-corrected chi connectivity index (χ3v) is 4.04. The zero-order chi connectivity index (χ0) is 14.3. The fourth-order valence-corrected chi connectivity index (χ4v) is 2.94. The maximum absolute atomic E-state index is 11.8. The molecule has 0 bridgehead atoms. The van der Waals surface area contributed by atoms with Gasteiger partial charge in [-0.05, 0) is 0 Å². The second-order valence-corrected chi connectivity index (χ2v) is 5.43. The predicted molar refractivity (Wildman–Crippen MR) is 76.0 cm³/mol. The molecule has 8 heteroatoms. The van der Waals surface area contributed by atoms with Crippen LogP contribution in [-0.4, -0.2) is 32.8 Å². The number of thiazole rings is 1. The van der Waals surface area contributed by atoms with Crippen molar-refractivity contribution in [1.82, 2.24) is 19.7 Å². The Morgan fingerprint density at radius 3 is 3.00 bits per heavy atom. The van der Waals surface area contributed by atoms with Crippen molar-refractivity contribution in [1.29, 1.82) is 0 Å². The van der Waals surface area contributed by atoms with Crippen molar-refractivity contribution >= 4 is 39.1 Å². The molecule has 0 aliphatic carbocycles. The molecule has 3 aromatic heterocycles. The van der Waals surface area contributed by atoms with Crippen molar-refractivity contribution < 1.29 is 9.53 Å². The van der Waals surface area contributed by atoms with Gasteiger partial charge in [0.25, 0.3) is 0 Å². The van der Waals surface area contributed by atoms with Crippen LogP contribution in [0.5, 0.6) is 0 Å². The van der Waals surface area contributed by atoms with Crippen LogP contribution in [0.25, 0.3) is 20.8 Å². The molecule has 0 spiro atoms. The number of aryl methyl sites for hydroxylation is 1. The van der Waals surface area contributed by atoms with Gasteiger partial charge in [0.2, 0.25) is 0 Å². The van der Waals surface area contributed by atoms with Gasteiger partial charge < -0.3 is 4.74 Å². The van der Waals surface area contributed by atoms with Crippen LogP contribution in [0, 0.1) is 0 Å². The number of fused-ring (bicyclic) bond motifs is 1. The molecule has 102 valence electrons. The quantitative estimate of drug-likeness (QED) is 0.537. The van der Waals surface area contributed by atoms with Gasteiger partial charge in [-0.2, -0.15) is 5.10 Å². The molecule has 0 fully saturated rings. The summed E-state index contributed by atoms with van der Waals surface area (Å²) in [4.78, 5) is 20.3. The minimum Gasteiger partial charge on any atom is -0.464 e. The first-order valence-electron chi connectivity index (χ1n) is 5.63. The van der Waals surface area contributed by atoms with E-state index in [4.69, 9.17) is 16.3 Å². The van der Waals surface area contributed by atoms with Crippen molar-refractivity contribution in [2.45, 2.75) is 0 Å². The van der Waals surface area contributed by atoms with E-state index in [0.717, 1.165) is 10.2 Å². The summed E-state index contributed by atoms with van der Waals surface area (Å²) in [5, 5.41) is 5.15. The number of halogens is 1. The van der Waals surface area contributed by atoms with Gasteiger partial charge >= 0.3 is 5.97 Å². The number of ether oxygens (including phenoxy) is 1. The van der Waals surface area contributed by atoms with Crippen LogP contribution in [0.2, 0.25) is 5.15 Å². The number of hydrogen-bond donors (Lipinski definition) is 0. The van der Waals surface area contributed by atoms with Crippen LogP contribution in [0.4, 0.5) is 0 Å². The standard InChI is InChI=1S/C12H9ClN4O2S/c1-17-10(12(18)19-2)6(4-15-17)11-16-7-3-9(13)14-5-8(7)20-11/h3-5H,1-2H3. The summed E-state index contributed by atoms with van der Waals surface area (Å²) in [6.07, 6.45) is 3.26. The molecule has 0 N–H and O–H groups in total. The van der Waals surface area contributed by atoms with Gasteiger partial charge in [0.1, 0.15) is 10.2 Å². The third kappa shape index (κ3) is 2.04. The maximum Gasteiger partial charge on any atom is 0.357 e. The highest BCUT2D eigenvalue weighted by atomic mass is 35.5. The van der Waals surface area contributed by atoms with E-state index in [2.05, 4.69) is 15.1 Å². The first kappa shape index (κ1) is 13.0. The van der Waals surface area contributed by atoms with Gasteiger partial charge in [0, 0.05) is 19.3 Å². The van der Waals surface area contributed by atoms with E-state index in [1.54, 1.807) is 25.5 Å². The number of carbonyl (C=O) groups is 1. The Balaban J connectivity index is 2.18. The lowest BCUT2D eigenvalue weighted by Crippen LogP contribution is -2.09. The Morgan fingerprint density at radius 2 is 2.25 bits per heavy atom. The molecule has 0 aromatic carbocycles. The lowest BCUT2D eigenvalue weighted by atomic mass is 10.2. The van der Waals surface area contributed by atoms with Gasteiger partial charge in [0.05, 0.1) is 29.1 Å². The smallest absolute Gasteiger partial charge is 0.357 e. The van der Waals surface area contributed by atoms with Gasteiger partial charge in [-0.15, -0.1) is 11.3 Å². The van der Waals surface area contributed by atoms with E-state index in [0.29, 0.717) is 21.4 Å². The zero-order valence-corrected chi connectivity index (χ0v) is 12.2. The number of rotatable bonds is 2. The van der Waals surface area contributed by atoms with E-state index >= 15 is 0 Å². The molecule has 3 aromatic rings. The third-order valence-electron chi connectivity index (χ3n) is 2.79. The highest BCUT2D eigenvalue weighted by molar-refractivity contribution is 7.21. The van der Waals surface area contributed by atoms with Crippen LogP contribution in [0.3, 0.4) is 0 Å². The molecule has 3 rings (SSSR count). The molecule has 0 atom stereocenters. The molecule has 0 saturated heterocycles. The Kier molecular flexibility index (Phi) is 3.15. The molecule has 3 heterocycles. The Morgan fingerprint density at radius 1 is 1.45 bits per heavy atom. The van der Waals surface area contributed by atoms with E-state index in [9.17, 15) is 4.79 Å². The van der Waals surface area contributed by atoms with Crippen molar-refractivity contribution in [3.63, 3.8) is 0 Å².